The van der Waals surface area contributed by atoms with E-state index in [-0.39, 0.29) is 5.82 Å². The Hall–Kier alpha value is -2.16. The molecule has 1 aromatic carbocycles. The maximum absolute atomic E-state index is 13.3. The van der Waals surface area contributed by atoms with E-state index in [4.69, 9.17) is 0 Å². The molecule has 0 spiro atoms. The van der Waals surface area contributed by atoms with E-state index in [1.165, 1.54) is 29.0 Å². The van der Waals surface area contributed by atoms with E-state index in [9.17, 15) is 4.39 Å². The Labute approximate surface area is 104 Å². The van der Waals surface area contributed by atoms with Crippen molar-refractivity contribution in [2.75, 3.05) is 0 Å². The van der Waals surface area contributed by atoms with E-state index >= 15 is 0 Å². The fourth-order valence-corrected chi connectivity index (χ4v) is 2.70. The molecule has 0 amide bonds. The Morgan fingerprint density at radius 3 is 3.00 bits per heavy atom. The minimum Gasteiger partial charge on any atom is -0.300 e. The molecule has 3 heteroatoms. The normalized spacial score (nSPS) is 12.8. The molecular weight excluding hydrogens is 227 g/mol. The summed E-state index contributed by atoms with van der Waals surface area (Å²) in [5.41, 5.74) is 6.59. The van der Waals surface area contributed by atoms with Crippen LogP contribution in [-0.2, 0) is 6.42 Å². The number of fused-ring (bicyclic) bond motifs is 5. The summed E-state index contributed by atoms with van der Waals surface area (Å²) in [6, 6.07) is 9.58. The van der Waals surface area contributed by atoms with Crippen molar-refractivity contribution in [1.29, 1.82) is 0 Å². The molecular formula is C15H11FN2. The van der Waals surface area contributed by atoms with Gasteiger partial charge in [0.05, 0.1) is 11.4 Å². The minimum absolute atomic E-state index is 0.227. The molecule has 0 atom stereocenters. The fourth-order valence-electron chi connectivity index (χ4n) is 2.70. The Bertz CT molecular complexity index is 787. The molecule has 0 saturated carbocycles. The van der Waals surface area contributed by atoms with Gasteiger partial charge < -0.3 is 4.40 Å². The van der Waals surface area contributed by atoms with E-state index in [2.05, 4.69) is 30.1 Å². The zero-order valence-corrected chi connectivity index (χ0v) is 9.94. The second-order valence-corrected chi connectivity index (χ2v) is 4.82. The van der Waals surface area contributed by atoms with Crippen LogP contribution < -0.4 is 0 Å². The van der Waals surface area contributed by atoms with Crippen molar-refractivity contribution in [2.24, 2.45) is 0 Å². The second-order valence-electron chi connectivity index (χ2n) is 4.82. The lowest BCUT2D eigenvalue weighted by Crippen LogP contribution is -1.92. The number of rotatable bonds is 0. The first-order chi connectivity index (χ1) is 8.72. The largest absolute Gasteiger partial charge is 0.300 e. The average molecular weight is 238 g/mol. The summed E-state index contributed by atoms with van der Waals surface area (Å²) in [5.74, 6) is -0.227. The summed E-state index contributed by atoms with van der Waals surface area (Å²) in [5, 5.41) is 0. The number of hydrogen-bond acceptors (Lipinski definition) is 1. The summed E-state index contributed by atoms with van der Waals surface area (Å²) in [6.07, 6.45) is 2.34. The molecule has 2 aromatic heterocycles. The smallest absolute Gasteiger partial charge is 0.139 e. The highest BCUT2D eigenvalue weighted by Gasteiger charge is 2.23. The van der Waals surface area contributed by atoms with Gasteiger partial charge in [0.1, 0.15) is 11.5 Å². The quantitative estimate of drug-likeness (QED) is 0.459. The lowest BCUT2D eigenvalue weighted by atomic mass is 10.1. The van der Waals surface area contributed by atoms with Crippen LogP contribution in [0.1, 0.15) is 16.8 Å². The fraction of sp³-hybridized carbons (Fsp3) is 0.133. The Morgan fingerprint density at radius 2 is 2.11 bits per heavy atom. The molecule has 1 aliphatic rings. The third kappa shape index (κ3) is 1.19. The molecule has 0 bridgehead atoms. The van der Waals surface area contributed by atoms with Gasteiger partial charge in [-0.05, 0) is 30.7 Å². The molecule has 88 valence electrons. The number of benzene rings is 1. The van der Waals surface area contributed by atoms with Crippen LogP contribution in [0.25, 0.3) is 16.9 Å². The van der Waals surface area contributed by atoms with Crippen molar-refractivity contribution >= 4 is 5.65 Å². The molecule has 0 unspecified atom stereocenters. The first-order valence-electron chi connectivity index (χ1n) is 5.99. The molecule has 0 fully saturated rings. The van der Waals surface area contributed by atoms with Gasteiger partial charge in [0.25, 0.3) is 0 Å². The molecule has 1 aliphatic carbocycles. The van der Waals surface area contributed by atoms with Gasteiger partial charge in [-0.25, -0.2) is 9.37 Å². The lowest BCUT2D eigenvalue weighted by molar-refractivity contribution is 0.618. The molecule has 0 N–H and O–H groups in total. The van der Waals surface area contributed by atoms with Gasteiger partial charge in [-0.3, -0.25) is 0 Å². The van der Waals surface area contributed by atoms with E-state index in [1.807, 2.05) is 4.40 Å². The Morgan fingerprint density at radius 1 is 1.22 bits per heavy atom. The highest BCUT2D eigenvalue weighted by atomic mass is 19.1. The van der Waals surface area contributed by atoms with Crippen molar-refractivity contribution in [3.63, 3.8) is 0 Å². The van der Waals surface area contributed by atoms with Crippen molar-refractivity contribution in [2.45, 2.75) is 13.3 Å². The van der Waals surface area contributed by atoms with Crippen LogP contribution in [0.5, 0.6) is 0 Å². The molecule has 4 rings (SSSR count). The van der Waals surface area contributed by atoms with Crippen LogP contribution >= 0.6 is 0 Å². The first-order valence-corrected chi connectivity index (χ1v) is 5.99. The van der Waals surface area contributed by atoms with Gasteiger partial charge in [-0.1, -0.05) is 17.7 Å². The number of imidazole rings is 1. The van der Waals surface area contributed by atoms with Crippen LogP contribution in [0.15, 0.2) is 36.5 Å². The Balaban J connectivity index is 2.06. The molecule has 2 heterocycles. The summed E-state index contributed by atoms with van der Waals surface area (Å²) in [4.78, 5) is 4.61. The molecule has 0 aliphatic heterocycles. The number of aryl methyl sites for hydroxylation is 1. The number of aromatic nitrogens is 2. The Kier molecular flexibility index (Phi) is 1.74. The zero-order valence-electron chi connectivity index (χ0n) is 9.94. The van der Waals surface area contributed by atoms with Crippen molar-refractivity contribution in [3.8, 4) is 11.3 Å². The van der Waals surface area contributed by atoms with Crippen LogP contribution in [0, 0.1) is 12.7 Å². The van der Waals surface area contributed by atoms with E-state index in [0.29, 0.717) is 0 Å². The molecule has 18 heavy (non-hydrogen) atoms. The van der Waals surface area contributed by atoms with Crippen LogP contribution in [-0.4, -0.2) is 9.38 Å². The van der Waals surface area contributed by atoms with Crippen molar-refractivity contribution in [3.05, 3.63) is 59.2 Å². The lowest BCUT2D eigenvalue weighted by Gasteiger charge is -2.01. The molecule has 0 radical (unpaired) electrons. The highest BCUT2D eigenvalue weighted by Crippen LogP contribution is 2.36. The predicted octanol–water partition coefficient (Wildman–Crippen LogP) is 3.35. The van der Waals surface area contributed by atoms with Gasteiger partial charge in [-0.15, -0.1) is 0 Å². The van der Waals surface area contributed by atoms with Gasteiger partial charge in [0.15, 0.2) is 0 Å². The second kappa shape index (κ2) is 3.19. The monoisotopic (exact) mass is 238 g/mol. The van der Waals surface area contributed by atoms with Crippen LogP contribution in [0.2, 0.25) is 0 Å². The van der Waals surface area contributed by atoms with Gasteiger partial charge in [0, 0.05) is 18.2 Å². The third-order valence-electron chi connectivity index (χ3n) is 3.56. The topological polar surface area (TPSA) is 17.3 Å². The summed E-state index contributed by atoms with van der Waals surface area (Å²) in [7, 11) is 0. The van der Waals surface area contributed by atoms with Gasteiger partial charge in [0.2, 0.25) is 0 Å². The number of hydrogen-bond donors (Lipinski definition) is 0. The molecule has 2 nitrogen and oxygen atoms in total. The van der Waals surface area contributed by atoms with E-state index in [0.717, 1.165) is 23.5 Å². The maximum atomic E-state index is 13.3. The number of pyridine rings is 1. The van der Waals surface area contributed by atoms with Crippen molar-refractivity contribution < 1.29 is 4.39 Å². The van der Waals surface area contributed by atoms with Crippen molar-refractivity contribution in [1.82, 2.24) is 9.38 Å². The molecule has 0 saturated heterocycles. The average Bonchev–Trinajstić information content (AvgIpc) is 2.86. The zero-order chi connectivity index (χ0) is 12.3. The maximum Gasteiger partial charge on any atom is 0.139 e. The highest BCUT2D eigenvalue weighted by molar-refractivity contribution is 5.75. The first kappa shape index (κ1) is 9.83. The summed E-state index contributed by atoms with van der Waals surface area (Å²) in [6.45, 7) is 2.08. The summed E-state index contributed by atoms with van der Waals surface area (Å²) < 4.78 is 15.2. The van der Waals surface area contributed by atoms with E-state index < -0.39 is 0 Å². The summed E-state index contributed by atoms with van der Waals surface area (Å²) >= 11 is 0. The third-order valence-corrected chi connectivity index (χ3v) is 3.56. The number of nitrogens with zero attached hydrogens (tertiary/aromatic N) is 2. The minimum atomic E-state index is -0.227. The van der Waals surface area contributed by atoms with Crippen LogP contribution in [0.3, 0.4) is 0 Å². The van der Waals surface area contributed by atoms with Gasteiger partial charge in [-0.2, -0.15) is 0 Å². The number of halogens is 1. The SMILES string of the molecule is Cc1ccc2c(c1)-c1nc3ccc(F)cn3c1C2. The van der Waals surface area contributed by atoms with E-state index in [1.54, 1.807) is 6.07 Å². The van der Waals surface area contributed by atoms with Crippen LogP contribution in [0.4, 0.5) is 4.39 Å². The molecule has 3 aromatic rings. The predicted molar refractivity (Wildman–Crippen MR) is 68.1 cm³/mol. The van der Waals surface area contributed by atoms with Gasteiger partial charge >= 0.3 is 0 Å². The standard InChI is InChI=1S/C15H11FN2/c1-9-2-3-10-7-13-15(12(10)6-9)17-14-5-4-11(16)8-18(13)14/h2-6,8H,7H2,1H3.